The summed E-state index contributed by atoms with van der Waals surface area (Å²) in [5, 5.41) is 5.08. The van der Waals surface area contributed by atoms with E-state index in [0.717, 1.165) is 32.7 Å². The van der Waals surface area contributed by atoms with Gasteiger partial charge in [0, 0.05) is 37.6 Å². The molecular weight excluding hydrogens is 330 g/mol. The Labute approximate surface area is 153 Å². The molecule has 0 spiro atoms. The van der Waals surface area contributed by atoms with E-state index < -0.39 is 0 Å². The Kier molecular flexibility index (Phi) is 5.15. The fraction of sp³-hybridized carbons (Fsp3) is 0.450. The normalized spacial score (nSPS) is 23.7. The third-order valence-corrected chi connectivity index (χ3v) is 6.17. The van der Waals surface area contributed by atoms with Gasteiger partial charge in [0.1, 0.15) is 0 Å². The van der Waals surface area contributed by atoms with Gasteiger partial charge in [-0.3, -0.25) is 14.6 Å². The predicted molar refractivity (Wildman–Crippen MR) is 101 cm³/mol. The van der Waals surface area contributed by atoms with Gasteiger partial charge in [0.05, 0.1) is 13.1 Å². The van der Waals surface area contributed by atoms with Gasteiger partial charge < -0.3 is 5.32 Å². The second-order valence-electron chi connectivity index (χ2n) is 7.25. The highest BCUT2D eigenvalue weighted by Crippen LogP contribution is 2.31. The first kappa shape index (κ1) is 16.8. The zero-order valence-corrected chi connectivity index (χ0v) is 15.3. The third kappa shape index (κ3) is 4.29. The van der Waals surface area contributed by atoms with E-state index in [1.54, 1.807) is 11.3 Å². The fourth-order valence-corrected chi connectivity index (χ4v) is 4.79. The van der Waals surface area contributed by atoms with Gasteiger partial charge >= 0.3 is 0 Å². The summed E-state index contributed by atoms with van der Waals surface area (Å²) >= 11 is 1.69. The molecule has 2 aliphatic heterocycles. The van der Waals surface area contributed by atoms with Crippen molar-refractivity contribution < 1.29 is 4.79 Å². The summed E-state index contributed by atoms with van der Waals surface area (Å²) in [6, 6.07) is 14.8. The number of rotatable bonds is 6. The second-order valence-corrected chi connectivity index (χ2v) is 8.28. The Hall–Kier alpha value is -1.69. The summed E-state index contributed by atoms with van der Waals surface area (Å²) in [5.41, 5.74) is 1.40. The monoisotopic (exact) mass is 355 g/mol. The van der Waals surface area contributed by atoms with E-state index in [1.165, 1.54) is 10.4 Å². The molecule has 3 heterocycles. The number of carbonyl (C=O) groups is 1. The van der Waals surface area contributed by atoms with Crippen LogP contribution in [0.3, 0.4) is 0 Å². The molecule has 2 saturated heterocycles. The highest BCUT2D eigenvalue weighted by Gasteiger charge is 2.40. The maximum atomic E-state index is 12.2. The van der Waals surface area contributed by atoms with Crippen molar-refractivity contribution in [2.45, 2.75) is 13.1 Å². The van der Waals surface area contributed by atoms with E-state index in [2.05, 4.69) is 51.5 Å². The van der Waals surface area contributed by atoms with Gasteiger partial charge in [0.25, 0.3) is 0 Å². The van der Waals surface area contributed by atoms with Crippen molar-refractivity contribution in [3.8, 4) is 0 Å². The van der Waals surface area contributed by atoms with Crippen LogP contribution >= 0.6 is 11.3 Å². The average molecular weight is 356 g/mol. The zero-order chi connectivity index (χ0) is 17.1. The quantitative estimate of drug-likeness (QED) is 0.864. The summed E-state index contributed by atoms with van der Waals surface area (Å²) in [5.74, 6) is 1.58. The van der Waals surface area contributed by atoms with Crippen LogP contribution in [0.15, 0.2) is 47.8 Å². The first-order valence-corrected chi connectivity index (χ1v) is 9.92. The molecule has 2 aliphatic rings. The standard InChI is InChI=1S/C20H25N3OS/c24-20(21-9-19-7-4-8-25-19)15-23-13-17-11-22(12-18(17)14-23)10-16-5-2-1-3-6-16/h1-8,17-18H,9-15H2,(H,21,24). The number of nitrogens with one attached hydrogen (secondary N) is 1. The van der Waals surface area contributed by atoms with Crippen molar-refractivity contribution in [3.63, 3.8) is 0 Å². The molecule has 132 valence electrons. The highest BCUT2D eigenvalue weighted by atomic mass is 32.1. The van der Waals surface area contributed by atoms with E-state index in [1.807, 2.05) is 11.4 Å². The van der Waals surface area contributed by atoms with Gasteiger partial charge in [-0.2, -0.15) is 0 Å². The van der Waals surface area contributed by atoms with Gasteiger partial charge in [-0.15, -0.1) is 11.3 Å². The van der Waals surface area contributed by atoms with Crippen molar-refractivity contribution in [1.29, 1.82) is 0 Å². The van der Waals surface area contributed by atoms with E-state index in [9.17, 15) is 4.79 Å². The summed E-state index contributed by atoms with van der Waals surface area (Å²) in [6.07, 6.45) is 0. The van der Waals surface area contributed by atoms with Crippen LogP contribution in [0.25, 0.3) is 0 Å². The number of thiophene rings is 1. The Balaban J connectivity index is 1.20. The summed E-state index contributed by atoms with van der Waals surface area (Å²) in [7, 11) is 0. The third-order valence-electron chi connectivity index (χ3n) is 5.29. The van der Waals surface area contributed by atoms with Crippen molar-refractivity contribution in [2.75, 3.05) is 32.7 Å². The molecule has 2 unspecified atom stereocenters. The molecule has 25 heavy (non-hydrogen) atoms. The molecule has 1 N–H and O–H groups in total. The first-order valence-electron chi connectivity index (χ1n) is 9.04. The lowest BCUT2D eigenvalue weighted by Crippen LogP contribution is -2.37. The maximum absolute atomic E-state index is 12.2. The molecule has 1 amide bonds. The molecule has 0 saturated carbocycles. The maximum Gasteiger partial charge on any atom is 0.234 e. The first-order chi connectivity index (χ1) is 12.3. The van der Waals surface area contributed by atoms with Gasteiger partial charge in [0.2, 0.25) is 5.91 Å². The Bertz CT molecular complexity index is 674. The number of carbonyl (C=O) groups excluding carboxylic acids is 1. The lowest BCUT2D eigenvalue weighted by molar-refractivity contribution is -0.122. The second kappa shape index (κ2) is 7.68. The number of hydrogen-bond donors (Lipinski definition) is 1. The van der Waals surface area contributed by atoms with E-state index >= 15 is 0 Å². The molecule has 0 bridgehead atoms. The van der Waals surface area contributed by atoms with Gasteiger partial charge in [-0.25, -0.2) is 0 Å². The molecule has 1 aromatic carbocycles. The van der Waals surface area contributed by atoms with E-state index in [0.29, 0.717) is 24.9 Å². The molecule has 5 heteroatoms. The topological polar surface area (TPSA) is 35.6 Å². The molecule has 2 aromatic rings. The van der Waals surface area contributed by atoms with E-state index in [4.69, 9.17) is 0 Å². The van der Waals surface area contributed by atoms with Crippen molar-refractivity contribution in [2.24, 2.45) is 11.8 Å². The molecule has 1 aromatic heterocycles. The number of nitrogens with zero attached hydrogens (tertiary/aromatic N) is 2. The zero-order valence-electron chi connectivity index (χ0n) is 14.4. The fourth-order valence-electron chi connectivity index (χ4n) is 4.15. The number of fused-ring (bicyclic) bond motifs is 1. The van der Waals surface area contributed by atoms with Gasteiger partial charge in [-0.05, 0) is 28.8 Å². The smallest absolute Gasteiger partial charge is 0.234 e. The lowest BCUT2D eigenvalue weighted by atomic mass is 10.0. The molecule has 2 fully saturated rings. The minimum atomic E-state index is 0.148. The van der Waals surface area contributed by atoms with Crippen LogP contribution in [-0.2, 0) is 17.9 Å². The molecule has 0 radical (unpaired) electrons. The largest absolute Gasteiger partial charge is 0.350 e. The lowest BCUT2D eigenvalue weighted by Gasteiger charge is -2.21. The van der Waals surface area contributed by atoms with Crippen LogP contribution in [0.2, 0.25) is 0 Å². The van der Waals surface area contributed by atoms with Crippen molar-refractivity contribution in [1.82, 2.24) is 15.1 Å². The number of likely N-dealkylation sites (tertiary alicyclic amines) is 2. The Morgan fingerprint density at radius 3 is 2.40 bits per heavy atom. The average Bonchev–Trinajstić information content (AvgIpc) is 3.30. The Morgan fingerprint density at radius 2 is 1.72 bits per heavy atom. The highest BCUT2D eigenvalue weighted by molar-refractivity contribution is 7.09. The number of benzene rings is 1. The van der Waals surface area contributed by atoms with Crippen LogP contribution in [0, 0.1) is 11.8 Å². The minimum absolute atomic E-state index is 0.148. The Morgan fingerprint density at radius 1 is 1.00 bits per heavy atom. The van der Waals surface area contributed by atoms with Gasteiger partial charge in [-0.1, -0.05) is 36.4 Å². The van der Waals surface area contributed by atoms with Crippen molar-refractivity contribution >= 4 is 17.2 Å². The predicted octanol–water partition coefficient (Wildman–Crippen LogP) is 2.43. The minimum Gasteiger partial charge on any atom is -0.350 e. The molecule has 4 rings (SSSR count). The summed E-state index contributed by atoms with van der Waals surface area (Å²) in [4.78, 5) is 18.3. The van der Waals surface area contributed by atoms with Crippen LogP contribution in [-0.4, -0.2) is 48.4 Å². The van der Waals surface area contributed by atoms with Crippen LogP contribution < -0.4 is 5.32 Å². The summed E-state index contributed by atoms with van der Waals surface area (Å²) < 4.78 is 0. The number of amides is 1. The van der Waals surface area contributed by atoms with Gasteiger partial charge in [0.15, 0.2) is 0 Å². The summed E-state index contributed by atoms with van der Waals surface area (Å²) in [6.45, 7) is 6.68. The van der Waals surface area contributed by atoms with Crippen LogP contribution in [0.4, 0.5) is 0 Å². The number of hydrogen-bond acceptors (Lipinski definition) is 4. The molecule has 0 aliphatic carbocycles. The molecule has 4 nitrogen and oxygen atoms in total. The SMILES string of the molecule is O=C(CN1CC2CN(Cc3ccccc3)CC2C1)NCc1cccs1. The van der Waals surface area contributed by atoms with Crippen LogP contribution in [0.5, 0.6) is 0 Å². The molecular formula is C20H25N3OS. The van der Waals surface area contributed by atoms with Crippen molar-refractivity contribution in [3.05, 3.63) is 58.3 Å². The van der Waals surface area contributed by atoms with E-state index in [-0.39, 0.29) is 5.91 Å². The van der Waals surface area contributed by atoms with Crippen LogP contribution in [0.1, 0.15) is 10.4 Å². The molecule has 2 atom stereocenters.